The number of amides is 1. The minimum Gasteiger partial charge on any atom is -0.324 e. The number of anilines is 1. The van der Waals surface area contributed by atoms with E-state index < -0.39 is 0 Å². The van der Waals surface area contributed by atoms with E-state index in [1.807, 2.05) is 39.0 Å². The summed E-state index contributed by atoms with van der Waals surface area (Å²) in [6.45, 7) is 5.79. The molecule has 0 aliphatic rings. The first-order chi connectivity index (χ1) is 12.5. The highest BCUT2D eigenvalue weighted by atomic mass is 32.2. The molecule has 0 aliphatic carbocycles. The molecule has 3 rings (SSSR count). The predicted molar refractivity (Wildman–Crippen MR) is 103 cm³/mol. The molecule has 1 amide bonds. The lowest BCUT2D eigenvalue weighted by molar-refractivity contribution is -0.116. The lowest BCUT2D eigenvalue weighted by atomic mass is 10.1. The van der Waals surface area contributed by atoms with E-state index in [0.717, 1.165) is 22.6 Å². The molecule has 3 aromatic rings. The van der Waals surface area contributed by atoms with Gasteiger partial charge in [0, 0.05) is 11.9 Å². The number of hydrogen-bond acceptors (Lipinski definition) is 6. The molecular formula is C18H19N5O2S. The van der Waals surface area contributed by atoms with Gasteiger partial charge in [-0.25, -0.2) is 15.0 Å². The molecule has 0 unspecified atom stereocenters. The lowest BCUT2D eigenvalue weighted by Gasteiger charge is -2.10. The second-order valence-electron chi connectivity index (χ2n) is 5.87. The molecule has 0 radical (unpaired) electrons. The van der Waals surface area contributed by atoms with Crippen molar-refractivity contribution >= 4 is 34.4 Å². The number of rotatable bonds is 5. The van der Waals surface area contributed by atoms with Crippen LogP contribution in [0.1, 0.15) is 18.1 Å². The van der Waals surface area contributed by atoms with Gasteiger partial charge >= 0.3 is 0 Å². The summed E-state index contributed by atoms with van der Waals surface area (Å²) in [6.07, 6.45) is 2.81. The molecule has 0 atom stereocenters. The highest BCUT2D eigenvalue weighted by Crippen LogP contribution is 2.16. The van der Waals surface area contributed by atoms with Crippen LogP contribution < -0.4 is 10.9 Å². The summed E-state index contributed by atoms with van der Waals surface area (Å²) in [5.41, 5.74) is 2.82. The molecule has 2 aromatic heterocycles. The second kappa shape index (κ2) is 7.65. The fourth-order valence-electron chi connectivity index (χ4n) is 2.55. The van der Waals surface area contributed by atoms with E-state index in [1.165, 1.54) is 28.9 Å². The van der Waals surface area contributed by atoms with Crippen molar-refractivity contribution in [3.63, 3.8) is 0 Å². The van der Waals surface area contributed by atoms with Crippen LogP contribution in [0.4, 0.5) is 5.69 Å². The van der Waals surface area contributed by atoms with E-state index >= 15 is 0 Å². The number of nitrogens with one attached hydrogen (secondary N) is 1. The molecule has 0 saturated heterocycles. The van der Waals surface area contributed by atoms with Gasteiger partial charge < -0.3 is 5.32 Å². The Bertz CT molecular complexity index is 1030. The average molecular weight is 369 g/mol. The summed E-state index contributed by atoms with van der Waals surface area (Å²) in [4.78, 5) is 37.5. The van der Waals surface area contributed by atoms with E-state index in [2.05, 4.69) is 20.3 Å². The van der Waals surface area contributed by atoms with Gasteiger partial charge in [0.05, 0.1) is 0 Å². The average Bonchev–Trinajstić information content (AvgIpc) is 2.60. The number of thioether (sulfide) groups is 1. The molecule has 0 saturated carbocycles. The molecule has 0 aliphatic heterocycles. The number of aryl methyl sites for hydroxylation is 2. The standard InChI is InChI=1S/C18H19N5O2S/c1-4-26-18-19-8-13-16(22-18)20-10-23(17(13)25)9-15(24)21-14-6-5-11(2)7-12(14)3/h5-8,10H,4,9H2,1-3H3,(H,21,24). The zero-order chi connectivity index (χ0) is 18.7. The summed E-state index contributed by atoms with van der Waals surface area (Å²) < 4.78 is 1.26. The Balaban J connectivity index is 1.82. The molecule has 134 valence electrons. The van der Waals surface area contributed by atoms with Crippen LogP contribution in [0.15, 0.2) is 40.7 Å². The van der Waals surface area contributed by atoms with Crippen LogP contribution in [0.25, 0.3) is 11.0 Å². The van der Waals surface area contributed by atoms with Gasteiger partial charge in [-0.2, -0.15) is 0 Å². The number of nitrogens with zero attached hydrogens (tertiary/aromatic N) is 4. The molecule has 0 spiro atoms. The number of hydrogen-bond donors (Lipinski definition) is 1. The molecule has 7 nitrogen and oxygen atoms in total. The zero-order valence-electron chi connectivity index (χ0n) is 14.8. The molecule has 0 bridgehead atoms. The van der Waals surface area contributed by atoms with Gasteiger partial charge in [-0.1, -0.05) is 36.4 Å². The number of carbonyl (C=O) groups is 1. The fourth-order valence-corrected chi connectivity index (χ4v) is 3.08. The lowest BCUT2D eigenvalue weighted by Crippen LogP contribution is -2.28. The Labute approximate surface area is 154 Å². The van der Waals surface area contributed by atoms with Crippen LogP contribution in [-0.2, 0) is 11.3 Å². The molecule has 8 heteroatoms. The minimum atomic E-state index is -0.334. The van der Waals surface area contributed by atoms with Crippen LogP contribution in [0.3, 0.4) is 0 Å². The molecule has 1 aromatic carbocycles. The zero-order valence-corrected chi connectivity index (χ0v) is 15.6. The molecule has 0 fully saturated rings. The third-order valence-electron chi connectivity index (χ3n) is 3.80. The van der Waals surface area contributed by atoms with Crippen LogP contribution in [0, 0.1) is 13.8 Å². The van der Waals surface area contributed by atoms with Gasteiger partial charge in [0.25, 0.3) is 5.56 Å². The van der Waals surface area contributed by atoms with Crippen LogP contribution in [0.2, 0.25) is 0 Å². The van der Waals surface area contributed by atoms with Crippen LogP contribution in [0.5, 0.6) is 0 Å². The number of benzene rings is 1. The SMILES string of the molecule is CCSc1ncc2c(=O)n(CC(=O)Nc3ccc(C)cc3C)cnc2n1. The van der Waals surface area contributed by atoms with Crippen molar-refractivity contribution in [3.05, 3.63) is 52.2 Å². The normalized spacial score (nSPS) is 10.9. The summed E-state index contributed by atoms with van der Waals surface area (Å²) in [7, 11) is 0. The fraction of sp³-hybridized carbons (Fsp3) is 0.278. The van der Waals surface area contributed by atoms with Crippen molar-refractivity contribution in [2.45, 2.75) is 32.5 Å². The van der Waals surface area contributed by atoms with Crippen LogP contribution >= 0.6 is 11.8 Å². The number of aromatic nitrogens is 4. The first-order valence-electron chi connectivity index (χ1n) is 8.20. The Morgan fingerprint density at radius 3 is 2.81 bits per heavy atom. The first kappa shape index (κ1) is 18.1. The maximum absolute atomic E-state index is 12.6. The molecular weight excluding hydrogens is 350 g/mol. The first-order valence-corrected chi connectivity index (χ1v) is 9.18. The van der Waals surface area contributed by atoms with Crippen molar-refractivity contribution < 1.29 is 4.79 Å². The van der Waals surface area contributed by atoms with Gasteiger partial charge in [-0.3, -0.25) is 14.2 Å². The van der Waals surface area contributed by atoms with Gasteiger partial charge in [-0.15, -0.1) is 0 Å². The second-order valence-corrected chi connectivity index (χ2v) is 7.10. The van der Waals surface area contributed by atoms with Crippen molar-refractivity contribution in [2.75, 3.05) is 11.1 Å². The third-order valence-corrected chi connectivity index (χ3v) is 4.54. The smallest absolute Gasteiger partial charge is 0.264 e. The molecule has 26 heavy (non-hydrogen) atoms. The highest BCUT2D eigenvalue weighted by molar-refractivity contribution is 7.99. The van der Waals surface area contributed by atoms with E-state index in [4.69, 9.17) is 0 Å². The van der Waals surface area contributed by atoms with Crippen molar-refractivity contribution in [1.29, 1.82) is 0 Å². The van der Waals surface area contributed by atoms with Gasteiger partial charge in [0.15, 0.2) is 10.8 Å². The quantitative estimate of drug-likeness (QED) is 0.549. The molecule has 1 N–H and O–H groups in total. The molecule has 2 heterocycles. The predicted octanol–water partition coefficient (Wildman–Crippen LogP) is 2.55. The van der Waals surface area contributed by atoms with Crippen LogP contribution in [-0.4, -0.2) is 31.2 Å². The Morgan fingerprint density at radius 1 is 1.27 bits per heavy atom. The van der Waals surface area contributed by atoms with Crippen molar-refractivity contribution in [1.82, 2.24) is 19.5 Å². The van der Waals surface area contributed by atoms with Gasteiger partial charge in [0.2, 0.25) is 5.91 Å². The van der Waals surface area contributed by atoms with Crippen molar-refractivity contribution in [2.24, 2.45) is 0 Å². The van der Waals surface area contributed by atoms with E-state index in [0.29, 0.717) is 16.2 Å². The topological polar surface area (TPSA) is 89.8 Å². The summed E-state index contributed by atoms with van der Waals surface area (Å²) >= 11 is 1.48. The summed E-state index contributed by atoms with van der Waals surface area (Å²) in [5, 5.41) is 3.71. The number of fused-ring (bicyclic) bond motifs is 1. The maximum Gasteiger partial charge on any atom is 0.264 e. The maximum atomic E-state index is 12.6. The van der Waals surface area contributed by atoms with Crippen molar-refractivity contribution in [3.8, 4) is 0 Å². The summed E-state index contributed by atoms with van der Waals surface area (Å²) in [5.74, 6) is 0.542. The third kappa shape index (κ3) is 3.91. The van der Waals surface area contributed by atoms with E-state index in [9.17, 15) is 9.59 Å². The Morgan fingerprint density at radius 2 is 2.08 bits per heavy atom. The van der Waals surface area contributed by atoms with E-state index in [1.54, 1.807) is 0 Å². The number of carbonyl (C=O) groups excluding carboxylic acids is 1. The van der Waals surface area contributed by atoms with Gasteiger partial charge in [-0.05, 0) is 31.2 Å². The van der Waals surface area contributed by atoms with Gasteiger partial charge in [0.1, 0.15) is 18.3 Å². The monoisotopic (exact) mass is 369 g/mol. The minimum absolute atomic E-state index is 0.124. The highest BCUT2D eigenvalue weighted by Gasteiger charge is 2.11. The Kier molecular flexibility index (Phi) is 5.32. The summed E-state index contributed by atoms with van der Waals surface area (Å²) in [6, 6.07) is 5.77. The Hall–Kier alpha value is -2.74. The van der Waals surface area contributed by atoms with E-state index in [-0.39, 0.29) is 18.0 Å². The largest absolute Gasteiger partial charge is 0.324 e.